The Labute approximate surface area is 164 Å². The molecule has 0 saturated heterocycles. The van der Waals surface area contributed by atoms with Gasteiger partial charge in [-0.15, -0.1) is 0 Å². The summed E-state index contributed by atoms with van der Waals surface area (Å²) in [4.78, 5) is 36.0. The molecule has 1 saturated carbocycles. The van der Waals surface area contributed by atoms with Crippen molar-refractivity contribution in [1.29, 1.82) is 0 Å². The molecule has 3 amide bonds. The summed E-state index contributed by atoms with van der Waals surface area (Å²) in [6, 6.07) is 14.0. The predicted octanol–water partition coefficient (Wildman–Crippen LogP) is 3.41. The van der Waals surface area contributed by atoms with Gasteiger partial charge >= 0.3 is 0 Å². The molecule has 6 nitrogen and oxygen atoms in total. The molecule has 0 atom stereocenters. The molecular weight excluding hydrogens is 354 g/mol. The van der Waals surface area contributed by atoms with E-state index in [-0.39, 0.29) is 23.1 Å². The summed E-state index contributed by atoms with van der Waals surface area (Å²) in [7, 11) is 0. The van der Waals surface area contributed by atoms with E-state index in [2.05, 4.69) is 36.9 Å². The first-order valence-electron chi connectivity index (χ1n) is 9.36. The molecule has 0 spiro atoms. The topological polar surface area (TPSA) is 87.3 Å². The van der Waals surface area contributed by atoms with Gasteiger partial charge in [0.05, 0.1) is 0 Å². The molecule has 0 aliphatic heterocycles. The van der Waals surface area contributed by atoms with Crippen molar-refractivity contribution < 1.29 is 14.4 Å². The summed E-state index contributed by atoms with van der Waals surface area (Å²) in [5.74, 6) is -0.746. The molecule has 0 bridgehead atoms. The van der Waals surface area contributed by atoms with Crippen LogP contribution in [-0.4, -0.2) is 17.7 Å². The first-order valence-corrected chi connectivity index (χ1v) is 9.36. The summed E-state index contributed by atoms with van der Waals surface area (Å²) in [5.41, 5.74) is 7.55. The molecule has 1 fully saturated rings. The van der Waals surface area contributed by atoms with E-state index in [1.807, 2.05) is 12.1 Å². The molecule has 1 aliphatic rings. The first kappa shape index (κ1) is 19.6. The van der Waals surface area contributed by atoms with Gasteiger partial charge in [0.15, 0.2) is 0 Å². The number of nitrogens with one attached hydrogen (secondary N) is 3. The van der Waals surface area contributed by atoms with Crippen molar-refractivity contribution in [1.82, 2.24) is 10.9 Å². The molecule has 0 heterocycles. The number of carbonyl (C=O) groups excluding carboxylic acids is 3. The number of amides is 3. The van der Waals surface area contributed by atoms with Gasteiger partial charge in [0.1, 0.15) is 0 Å². The quantitative estimate of drug-likeness (QED) is 0.712. The summed E-state index contributed by atoms with van der Waals surface area (Å²) >= 11 is 0. The largest absolute Gasteiger partial charge is 0.322 e. The third-order valence-corrected chi connectivity index (χ3v) is 4.67. The van der Waals surface area contributed by atoms with Crippen LogP contribution in [0.25, 0.3) is 0 Å². The van der Waals surface area contributed by atoms with Gasteiger partial charge in [-0.1, -0.05) is 32.9 Å². The lowest BCUT2D eigenvalue weighted by molar-refractivity contribution is -0.123. The molecule has 2 aromatic rings. The third-order valence-electron chi connectivity index (χ3n) is 4.67. The van der Waals surface area contributed by atoms with Crippen molar-refractivity contribution in [2.24, 2.45) is 5.92 Å². The van der Waals surface area contributed by atoms with Crippen molar-refractivity contribution in [2.45, 2.75) is 39.0 Å². The van der Waals surface area contributed by atoms with Gasteiger partial charge in [-0.2, -0.15) is 0 Å². The van der Waals surface area contributed by atoms with Gasteiger partial charge in [-0.05, 0) is 60.2 Å². The smallest absolute Gasteiger partial charge is 0.269 e. The SMILES string of the molecule is CC(C)(C)c1ccc(C(=O)Nc2ccc(C(=O)NNC(=O)C3CC3)cc2)cc1. The molecule has 0 unspecified atom stereocenters. The van der Waals surface area contributed by atoms with E-state index in [1.54, 1.807) is 36.4 Å². The Morgan fingerprint density at radius 2 is 1.32 bits per heavy atom. The molecule has 3 N–H and O–H groups in total. The van der Waals surface area contributed by atoms with E-state index in [9.17, 15) is 14.4 Å². The second-order valence-corrected chi connectivity index (χ2v) is 8.08. The van der Waals surface area contributed by atoms with E-state index < -0.39 is 5.91 Å². The second-order valence-electron chi connectivity index (χ2n) is 8.08. The minimum Gasteiger partial charge on any atom is -0.322 e. The Morgan fingerprint density at radius 1 is 0.786 bits per heavy atom. The highest BCUT2D eigenvalue weighted by molar-refractivity contribution is 6.04. The fourth-order valence-electron chi connectivity index (χ4n) is 2.67. The van der Waals surface area contributed by atoms with Crippen LogP contribution in [-0.2, 0) is 10.2 Å². The minimum absolute atomic E-state index is 0.0235. The summed E-state index contributed by atoms with van der Waals surface area (Å²) in [6.07, 6.45) is 1.74. The maximum Gasteiger partial charge on any atom is 0.269 e. The zero-order chi connectivity index (χ0) is 20.3. The summed E-state index contributed by atoms with van der Waals surface area (Å²) in [5, 5.41) is 2.82. The molecule has 1 aliphatic carbocycles. The van der Waals surface area contributed by atoms with Gasteiger partial charge in [0.2, 0.25) is 5.91 Å². The Hall–Kier alpha value is -3.15. The zero-order valence-electron chi connectivity index (χ0n) is 16.3. The molecule has 146 valence electrons. The van der Waals surface area contributed by atoms with Crippen molar-refractivity contribution in [3.63, 3.8) is 0 Å². The second kappa shape index (κ2) is 7.84. The standard InChI is InChI=1S/C22H25N3O3/c1-22(2,3)17-10-6-14(7-11-17)19(26)23-18-12-8-16(9-13-18)21(28)25-24-20(27)15-4-5-15/h6-13,15H,4-5H2,1-3H3,(H,23,26)(H,24,27)(H,25,28). The lowest BCUT2D eigenvalue weighted by Gasteiger charge is -2.19. The number of carbonyl (C=O) groups is 3. The Kier molecular flexibility index (Phi) is 5.49. The molecule has 0 radical (unpaired) electrons. The maximum atomic E-state index is 12.4. The first-order chi connectivity index (χ1) is 13.2. The van der Waals surface area contributed by atoms with Crippen LogP contribution in [0.1, 0.15) is 59.9 Å². The Bertz CT molecular complexity index is 877. The van der Waals surface area contributed by atoms with Crippen LogP contribution in [0.3, 0.4) is 0 Å². The molecule has 2 aromatic carbocycles. The lowest BCUT2D eigenvalue weighted by Crippen LogP contribution is -2.42. The third kappa shape index (κ3) is 4.97. The van der Waals surface area contributed by atoms with Crippen LogP contribution < -0.4 is 16.2 Å². The number of hydrazine groups is 1. The Morgan fingerprint density at radius 3 is 1.86 bits per heavy atom. The van der Waals surface area contributed by atoms with E-state index >= 15 is 0 Å². The number of benzene rings is 2. The zero-order valence-corrected chi connectivity index (χ0v) is 16.3. The summed E-state index contributed by atoms with van der Waals surface area (Å²) in [6.45, 7) is 6.37. The van der Waals surface area contributed by atoms with Crippen LogP contribution in [0, 0.1) is 5.92 Å². The van der Waals surface area contributed by atoms with Crippen molar-refractivity contribution in [3.8, 4) is 0 Å². The van der Waals surface area contributed by atoms with Crippen molar-refractivity contribution >= 4 is 23.4 Å². The number of hydrogen-bond donors (Lipinski definition) is 3. The van der Waals surface area contributed by atoms with Crippen LogP contribution in [0.2, 0.25) is 0 Å². The van der Waals surface area contributed by atoms with Gasteiger partial charge in [-0.25, -0.2) is 0 Å². The van der Waals surface area contributed by atoms with Crippen LogP contribution in [0.5, 0.6) is 0 Å². The molecule has 6 heteroatoms. The Balaban J connectivity index is 1.56. The number of anilines is 1. The normalized spacial score (nSPS) is 13.5. The number of rotatable bonds is 4. The van der Waals surface area contributed by atoms with Crippen LogP contribution in [0.4, 0.5) is 5.69 Å². The van der Waals surface area contributed by atoms with Crippen LogP contribution in [0.15, 0.2) is 48.5 Å². The highest BCUT2D eigenvalue weighted by Crippen LogP contribution is 2.28. The van der Waals surface area contributed by atoms with Gasteiger partial charge in [-0.3, -0.25) is 25.2 Å². The van der Waals surface area contributed by atoms with Crippen LogP contribution >= 0.6 is 0 Å². The highest BCUT2D eigenvalue weighted by Gasteiger charge is 2.29. The van der Waals surface area contributed by atoms with E-state index in [4.69, 9.17) is 0 Å². The monoisotopic (exact) mass is 379 g/mol. The predicted molar refractivity (Wildman–Crippen MR) is 108 cm³/mol. The fourth-order valence-corrected chi connectivity index (χ4v) is 2.67. The maximum absolute atomic E-state index is 12.4. The lowest BCUT2D eigenvalue weighted by atomic mass is 9.87. The van der Waals surface area contributed by atoms with Gasteiger partial charge in [0.25, 0.3) is 11.8 Å². The molecule has 0 aromatic heterocycles. The van der Waals surface area contributed by atoms with Crippen molar-refractivity contribution in [3.05, 3.63) is 65.2 Å². The van der Waals surface area contributed by atoms with Gasteiger partial charge in [0, 0.05) is 22.7 Å². The van der Waals surface area contributed by atoms with E-state index in [1.165, 1.54) is 0 Å². The average Bonchev–Trinajstić information content (AvgIpc) is 3.51. The average molecular weight is 379 g/mol. The molecule has 3 rings (SSSR count). The minimum atomic E-state index is -0.398. The fraction of sp³-hybridized carbons (Fsp3) is 0.318. The molecular formula is C22H25N3O3. The van der Waals surface area contributed by atoms with Gasteiger partial charge < -0.3 is 5.32 Å². The summed E-state index contributed by atoms with van der Waals surface area (Å²) < 4.78 is 0. The molecule has 28 heavy (non-hydrogen) atoms. The van der Waals surface area contributed by atoms with E-state index in [0.29, 0.717) is 16.8 Å². The van der Waals surface area contributed by atoms with Crippen molar-refractivity contribution in [2.75, 3.05) is 5.32 Å². The number of hydrogen-bond acceptors (Lipinski definition) is 3. The van der Waals surface area contributed by atoms with E-state index in [0.717, 1.165) is 18.4 Å². The highest BCUT2D eigenvalue weighted by atomic mass is 16.2.